The molecule has 0 aliphatic carbocycles. The molecule has 0 fully saturated rings. The second-order valence-corrected chi connectivity index (χ2v) is 14.4. The van der Waals surface area contributed by atoms with Crippen molar-refractivity contribution in [1.29, 1.82) is 0 Å². The van der Waals surface area contributed by atoms with Gasteiger partial charge in [0.25, 0.3) is 0 Å². The van der Waals surface area contributed by atoms with Crippen LogP contribution in [0.3, 0.4) is 0 Å². The van der Waals surface area contributed by atoms with Gasteiger partial charge in [-0.25, -0.2) is 0 Å². The first-order valence-electron chi connectivity index (χ1n) is 16.2. The van der Waals surface area contributed by atoms with Crippen molar-refractivity contribution in [2.45, 2.75) is 51.7 Å². The Morgan fingerprint density at radius 2 is 1.25 bits per heavy atom. The first-order valence-corrected chi connectivity index (χ1v) is 17.7. The molecule has 0 spiro atoms. The highest BCUT2D eigenvalue weighted by Gasteiger charge is 2.30. The van der Waals surface area contributed by atoms with Gasteiger partial charge in [0, 0.05) is 45.6 Å². The van der Waals surface area contributed by atoms with Crippen LogP contribution in [-0.2, 0) is 49.1 Å². The van der Waals surface area contributed by atoms with Crippen LogP contribution in [0.25, 0.3) is 0 Å². The summed E-state index contributed by atoms with van der Waals surface area (Å²) in [7, 11) is -1.08. The Morgan fingerprint density at radius 3 is 1.71 bits per heavy atom. The molecule has 1 aromatic rings. The maximum Gasteiger partial charge on any atom is 0.237 e. The summed E-state index contributed by atoms with van der Waals surface area (Å²) in [5, 5.41) is 7.29. The van der Waals surface area contributed by atoms with Crippen molar-refractivity contribution >= 4 is 25.3 Å². The number of nitrogens with one attached hydrogen (secondary N) is 3. The Hall–Kier alpha value is -2.62. The summed E-state index contributed by atoms with van der Waals surface area (Å²) in [6.45, 7) is 9.80. The minimum Gasteiger partial charge on any atom is -0.769 e. The van der Waals surface area contributed by atoms with Crippen LogP contribution in [0.1, 0.15) is 39.7 Å². The van der Waals surface area contributed by atoms with E-state index in [0.717, 1.165) is 6.42 Å². The first-order chi connectivity index (χ1) is 22.8. The standard InChI is InChI=1S/C32H57N4O11P/c1-7-15-44-18-14-35-31(39)28(23-26-8-10-27(11-9-26)47-48(40,41)32(2,3)4)36(24-29(37)33-12-16-45-21-19-42-5)25-30(38)34-13-17-46-22-20-43-6/h8-11,28H,7,12-25H2,1-6H3,(H,33,37)(H,34,38)(H,35,39)(H,40,41)/p-1. The van der Waals surface area contributed by atoms with Crippen LogP contribution in [0.4, 0.5) is 0 Å². The molecule has 2 atom stereocenters. The van der Waals surface area contributed by atoms with Crippen molar-refractivity contribution in [3.63, 3.8) is 0 Å². The van der Waals surface area contributed by atoms with Gasteiger partial charge in [0.15, 0.2) is 7.60 Å². The van der Waals surface area contributed by atoms with Gasteiger partial charge < -0.3 is 49.1 Å². The molecule has 0 aliphatic heterocycles. The summed E-state index contributed by atoms with van der Waals surface area (Å²) in [6, 6.07) is 5.37. The molecule has 48 heavy (non-hydrogen) atoms. The summed E-state index contributed by atoms with van der Waals surface area (Å²) in [6.07, 6.45) is 0.942. The molecule has 15 nitrogen and oxygen atoms in total. The number of carbonyl (C=O) groups is 3. The smallest absolute Gasteiger partial charge is 0.237 e. The van der Waals surface area contributed by atoms with E-state index in [1.807, 2.05) is 6.92 Å². The van der Waals surface area contributed by atoms with Gasteiger partial charge in [0.05, 0.1) is 65.4 Å². The van der Waals surface area contributed by atoms with Crippen LogP contribution in [0, 0.1) is 0 Å². The lowest BCUT2D eigenvalue weighted by Crippen LogP contribution is -2.54. The van der Waals surface area contributed by atoms with E-state index in [1.54, 1.807) is 47.1 Å². The zero-order valence-corrected chi connectivity index (χ0v) is 30.3. The van der Waals surface area contributed by atoms with Crippen LogP contribution in [0.5, 0.6) is 5.75 Å². The third kappa shape index (κ3) is 18.8. The van der Waals surface area contributed by atoms with Gasteiger partial charge in [-0.05, 0) is 30.5 Å². The summed E-state index contributed by atoms with van der Waals surface area (Å²) >= 11 is 0. The Balaban J connectivity index is 3.17. The lowest BCUT2D eigenvalue weighted by Gasteiger charge is -2.35. The SMILES string of the molecule is CCCOCCNC(=O)C(Cc1ccc(OP(=O)([O-])C(C)(C)C)cc1)N(CC(=O)NCCOCCOC)CC(=O)NCCOCCOC. The summed E-state index contributed by atoms with van der Waals surface area (Å²) in [5.41, 5.74) is 0.658. The van der Waals surface area contributed by atoms with Crippen LogP contribution in [-0.4, -0.2) is 134 Å². The molecule has 2 unspecified atom stereocenters. The average Bonchev–Trinajstić information content (AvgIpc) is 3.02. The van der Waals surface area contributed by atoms with E-state index in [0.29, 0.717) is 45.2 Å². The lowest BCUT2D eigenvalue weighted by molar-refractivity contribution is -0.196. The van der Waals surface area contributed by atoms with Crippen molar-refractivity contribution in [3.05, 3.63) is 29.8 Å². The zero-order chi connectivity index (χ0) is 35.8. The fourth-order valence-corrected chi connectivity index (χ4v) is 4.63. The van der Waals surface area contributed by atoms with Crippen LogP contribution >= 0.6 is 7.60 Å². The van der Waals surface area contributed by atoms with Gasteiger partial charge in [-0.1, -0.05) is 39.8 Å². The molecule has 16 heteroatoms. The molecule has 0 aromatic heterocycles. The molecule has 0 aliphatic rings. The van der Waals surface area contributed by atoms with E-state index in [4.69, 9.17) is 28.2 Å². The Kier molecular flexibility index (Phi) is 22.2. The van der Waals surface area contributed by atoms with E-state index in [1.165, 1.54) is 17.0 Å². The highest BCUT2D eigenvalue weighted by atomic mass is 31.2. The molecule has 0 saturated carbocycles. The highest BCUT2D eigenvalue weighted by molar-refractivity contribution is 7.53. The molecule has 0 saturated heterocycles. The highest BCUT2D eigenvalue weighted by Crippen LogP contribution is 2.50. The largest absolute Gasteiger partial charge is 0.769 e. The molecule has 3 amide bonds. The van der Waals surface area contributed by atoms with E-state index in [-0.39, 0.29) is 58.1 Å². The van der Waals surface area contributed by atoms with Crippen molar-refractivity contribution in [3.8, 4) is 5.75 Å². The predicted molar refractivity (Wildman–Crippen MR) is 179 cm³/mol. The molecule has 276 valence electrons. The topological polar surface area (TPSA) is 186 Å². The fraction of sp³-hybridized carbons (Fsp3) is 0.719. The molecule has 0 bridgehead atoms. The normalized spacial score (nSPS) is 13.5. The van der Waals surface area contributed by atoms with Gasteiger partial charge >= 0.3 is 0 Å². The molecule has 3 N–H and O–H groups in total. The molecule has 0 radical (unpaired) electrons. The molecule has 1 aromatic carbocycles. The monoisotopic (exact) mass is 703 g/mol. The Labute approximate surface area is 285 Å². The number of carbonyl (C=O) groups excluding carboxylic acids is 3. The van der Waals surface area contributed by atoms with Gasteiger partial charge in [0.1, 0.15) is 5.75 Å². The number of hydrogen-bond donors (Lipinski definition) is 3. The number of ether oxygens (including phenoxy) is 5. The summed E-state index contributed by atoms with van der Waals surface area (Å²) < 4.78 is 44.1. The summed E-state index contributed by atoms with van der Waals surface area (Å²) in [4.78, 5) is 53.8. The molecule has 0 heterocycles. The zero-order valence-electron chi connectivity index (χ0n) is 29.4. The van der Waals surface area contributed by atoms with Crippen molar-refractivity contribution in [2.75, 3.05) is 99.8 Å². The summed E-state index contributed by atoms with van der Waals surface area (Å²) in [5.74, 6) is -1.07. The number of hydrogen-bond acceptors (Lipinski definition) is 12. The third-order valence-corrected chi connectivity index (χ3v) is 8.83. The van der Waals surface area contributed by atoms with Crippen molar-refractivity contribution in [1.82, 2.24) is 20.9 Å². The Bertz CT molecular complexity index is 1070. The second-order valence-electron chi connectivity index (χ2n) is 11.8. The van der Waals surface area contributed by atoms with Crippen LogP contribution < -0.4 is 25.4 Å². The first kappa shape index (κ1) is 43.4. The van der Waals surface area contributed by atoms with Gasteiger partial charge in [-0.15, -0.1) is 0 Å². The van der Waals surface area contributed by atoms with E-state index < -0.39 is 36.5 Å². The molecular formula is C32H56N4O11P-. The third-order valence-electron chi connectivity index (χ3n) is 6.73. The minimum atomic E-state index is -4.21. The van der Waals surface area contributed by atoms with Crippen molar-refractivity contribution < 1.29 is 52.1 Å². The van der Waals surface area contributed by atoms with Gasteiger partial charge in [-0.3, -0.25) is 23.8 Å². The van der Waals surface area contributed by atoms with Crippen molar-refractivity contribution in [2.24, 2.45) is 0 Å². The van der Waals surface area contributed by atoms with Gasteiger partial charge in [0.2, 0.25) is 17.7 Å². The number of rotatable bonds is 27. The van der Waals surface area contributed by atoms with E-state index >= 15 is 0 Å². The minimum absolute atomic E-state index is 0.108. The number of benzene rings is 1. The average molecular weight is 704 g/mol. The van der Waals surface area contributed by atoms with E-state index in [9.17, 15) is 23.8 Å². The maximum absolute atomic E-state index is 13.6. The van der Waals surface area contributed by atoms with E-state index in [2.05, 4.69) is 16.0 Å². The maximum atomic E-state index is 13.6. The molecular weight excluding hydrogens is 647 g/mol. The fourth-order valence-electron chi connectivity index (χ4n) is 3.95. The Morgan fingerprint density at radius 1 is 0.771 bits per heavy atom. The van der Waals surface area contributed by atoms with Crippen LogP contribution in [0.2, 0.25) is 0 Å². The number of methoxy groups -OCH3 is 2. The lowest BCUT2D eigenvalue weighted by atomic mass is 10.0. The number of amides is 3. The van der Waals surface area contributed by atoms with Crippen LogP contribution in [0.15, 0.2) is 24.3 Å². The molecule has 1 rings (SSSR count). The predicted octanol–water partition coefficient (Wildman–Crippen LogP) is 0.732. The quantitative estimate of drug-likeness (QED) is 0.0864. The second kappa shape index (κ2) is 24.5. The number of nitrogens with zero attached hydrogens (tertiary/aromatic N) is 1. The van der Waals surface area contributed by atoms with Gasteiger partial charge in [-0.2, -0.15) is 0 Å².